The van der Waals surface area contributed by atoms with Gasteiger partial charge in [-0.3, -0.25) is 4.79 Å². The van der Waals surface area contributed by atoms with Gasteiger partial charge in [-0.1, -0.05) is 6.07 Å². The molecule has 0 radical (unpaired) electrons. The fraction of sp³-hybridized carbons (Fsp3) is 0.533. The minimum atomic E-state index is -0.764. The van der Waals surface area contributed by atoms with Crippen molar-refractivity contribution in [2.45, 2.75) is 44.8 Å². The molecule has 2 N–H and O–H groups in total. The largest absolute Gasteiger partial charge is 0.444 e. The van der Waals surface area contributed by atoms with Gasteiger partial charge in [-0.2, -0.15) is 0 Å². The van der Waals surface area contributed by atoms with Crippen LogP contribution in [0, 0.1) is 0 Å². The molecule has 120 valence electrons. The number of hydrogen-bond acceptors (Lipinski definition) is 4. The smallest absolute Gasteiger partial charge is 0.408 e. The first kappa shape index (κ1) is 16.7. The Morgan fingerprint density at radius 1 is 1.45 bits per heavy atom. The van der Waals surface area contributed by atoms with Crippen molar-refractivity contribution in [2.75, 3.05) is 6.54 Å². The van der Waals surface area contributed by atoms with E-state index in [0.29, 0.717) is 23.1 Å². The van der Waals surface area contributed by atoms with Crippen LogP contribution >= 0.6 is 15.9 Å². The lowest BCUT2D eigenvalue weighted by Crippen LogP contribution is -2.57. The van der Waals surface area contributed by atoms with Crippen LogP contribution in [0.1, 0.15) is 39.3 Å². The van der Waals surface area contributed by atoms with E-state index < -0.39 is 17.2 Å². The van der Waals surface area contributed by atoms with Gasteiger partial charge in [-0.15, -0.1) is 0 Å². The molecule has 2 rings (SSSR count). The topological polar surface area (TPSA) is 80.3 Å². The molecule has 2 amide bonds. The summed E-state index contributed by atoms with van der Waals surface area (Å²) < 4.78 is 6.02. The predicted molar refractivity (Wildman–Crippen MR) is 85.2 cm³/mol. The van der Waals surface area contributed by atoms with Gasteiger partial charge < -0.3 is 15.4 Å². The highest BCUT2D eigenvalue weighted by molar-refractivity contribution is 9.10. The van der Waals surface area contributed by atoms with Crippen molar-refractivity contribution < 1.29 is 14.3 Å². The van der Waals surface area contributed by atoms with Crippen molar-refractivity contribution in [1.82, 2.24) is 15.6 Å². The molecule has 2 heterocycles. The van der Waals surface area contributed by atoms with Crippen molar-refractivity contribution in [3.05, 3.63) is 28.5 Å². The molecule has 6 nitrogen and oxygen atoms in total. The number of hydrogen-bond donors (Lipinski definition) is 2. The number of rotatable bonds is 2. The number of pyridine rings is 1. The number of halogens is 1. The number of amides is 2. The Hall–Kier alpha value is -1.63. The number of carbonyl (C=O) groups excluding carboxylic acids is 2. The molecule has 0 spiro atoms. The van der Waals surface area contributed by atoms with Crippen LogP contribution in [-0.2, 0) is 15.1 Å². The highest BCUT2D eigenvalue weighted by Crippen LogP contribution is 2.29. The number of alkyl carbamates (subject to hydrolysis) is 1. The maximum absolute atomic E-state index is 12.2. The summed E-state index contributed by atoms with van der Waals surface area (Å²) in [5.41, 5.74) is -0.666. The fourth-order valence-corrected chi connectivity index (χ4v) is 2.66. The summed E-state index contributed by atoms with van der Waals surface area (Å²) in [6.45, 7) is 5.70. The van der Waals surface area contributed by atoms with Crippen molar-refractivity contribution >= 4 is 27.9 Å². The number of nitrogens with one attached hydrogen (secondary N) is 2. The Bertz CT molecular complexity index is 574. The monoisotopic (exact) mass is 369 g/mol. The van der Waals surface area contributed by atoms with E-state index in [4.69, 9.17) is 4.74 Å². The molecule has 1 saturated heterocycles. The third kappa shape index (κ3) is 4.19. The van der Waals surface area contributed by atoms with Crippen molar-refractivity contribution in [1.29, 1.82) is 0 Å². The Morgan fingerprint density at radius 3 is 2.73 bits per heavy atom. The Morgan fingerprint density at radius 2 is 2.18 bits per heavy atom. The minimum absolute atomic E-state index is 0.0309. The summed E-state index contributed by atoms with van der Waals surface area (Å²) in [6.07, 6.45) is 0.274. The van der Waals surface area contributed by atoms with Gasteiger partial charge in [0.1, 0.15) is 15.7 Å². The highest BCUT2D eigenvalue weighted by Gasteiger charge is 2.40. The van der Waals surface area contributed by atoms with E-state index in [9.17, 15) is 9.59 Å². The van der Waals surface area contributed by atoms with Gasteiger partial charge in [0, 0.05) is 13.0 Å². The maximum atomic E-state index is 12.2. The second-order valence-corrected chi connectivity index (χ2v) is 7.14. The normalized spacial score (nSPS) is 21.9. The van der Waals surface area contributed by atoms with E-state index in [0.717, 1.165) is 0 Å². The van der Waals surface area contributed by atoms with E-state index in [1.165, 1.54) is 0 Å². The van der Waals surface area contributed by atoms with Gasteiger partial charge in [0.05, 0.1) is 5.69 Å². The summed E-state index contributed by atoms with van der Waals surface area (Å²) in [7, 11) is 0. The zero-order valence-electron chi connectivity index (χ0n) is 12.9. The van der Waals surface area contributed by atoms with Gasteiger partial charge in [0.25, 0.3) is 0 Å². The second-order valence-electron chi connectivity index (χ2n) is 6.33. The molecule has 22 heavy (non-hydrogen) atoms. The summed E-state index contributed by atoms with van der Waals surface area (Å²) >= 11 is 3.34. The zero-order valence-corrected chi connectivity index (χ0v) is 14.5. The molecule has 0 unspecified atom stereocenters. The van der Waals surface area contributed by atoms with Gasteiger partial charge >= 0.3 is 6.09 Å². The van der Waals surface area contributed by atoms with E-state index in [1.807, 2.05) is 18.2 Å². The van der Waals surface area contributed by atoms with Crippen LogP contribution in [-0.4, -0.2) is 29.1 Å². The van der Waals surface area contributed by atoms with Crippen molar-refractivity contribution in [3.63, 3.8) is 0 Å². The Kier molecular flexibility index (Phi) is 4.75. The zero-order chi connectivity index (χ0) is 16.4. The lowest BCUT2D eigenvalue weighted by molar-refractivity contribution is -0.123. The van der Waals surface area contributed by atoms with E-state index in [-0.39, 0.29) is 12.5 Å². The van der Waals surface area contributed by atoms with Gasteiger partial charge in [-0.25, -0.2) is 9.78 Å². The lowest BCUT2D eigenvalue weighted by Gasteiger charge is -2.38. The van der Waals surface area contributed by atoms with Crippen LogP contribution in [0.2, 0.25) is 0 Å². The molecule has 7 heteroatoms. The first-order valence-corrected chi connectivity index (χ1v) is 7.90. The average Bonchev–Trinajstić information content (AvgIpc) is 2.39. The van der Waals surface area contributed by atoms with Gasteiger partial charge in [-0.05, 0) is 55.3 Å². The van der Waals surface area contributed by atoms with E-state index in [1.54, 1.807) is 20.8 Å². The molecule has 0 aromatic carbocycles. The predicted octanol–water partition coefficient (Wildman–Crippen LogP) is 2.47. The van der Waals surface area contributed by atoms with Crippen LogP contribution in [0.4, 0.5) is 4.79 Å². The number of piperidine rings is 1. The molecule has 1 fully saturated rings. The van der Waals surface area contributed by atoms with Crippen LogP contribution < -0.4 is 10.6 Å². The van der Waals surface area contributed by atoms with Crippen LogP contribution in [0.5, 0.6) is 0 Å². The molecule has 1 atom stereocenters. The third-order valence-electron chi connectivity index (χ3n) is 3.31. The summed E-state index contributed by atoms with van der Waals surface area (Å²) in [5, 5.41) is 5.69. The summed E-state index contributed by atoms with van der Waals surface area (Å²) in [5.74, 6) is -0.0309. The minimum Gasteiger partial charge on any atom is -0.444 e. The number of carbonyl (C=O) groups is 2. The molecule has 1 aliphatic heterocycles. The molecule has 1 aromatic heterocycles. The molecular formula is C15H20BrN3O3. The third-order valence-corrected chi connectivity index (χ3v) is 3.75. The molecule has 1 aromatic rings. The van der Waals surface area contributed by atoms with Gasteiger partial charge in [0.15, 0.2) is 0 Å². The van der Waals surface area contributed by atoms with Crippen LogP contribution in [0.3, 0.4) is 0 Å². The standard InChI is InChI=1S/C15H20BrN3O3/c1-14(2,3)22-13(21)19-15(8-7-12(20)17-9-15)10-5-4-6-11(16)18-10/h4-6H,7-9H2,1-3H3,(H,17,20)(H,19,21)/t15-/m0/s1. The fourth-order valence-electron chi connectivity index (χ4n) is 2.32. The van der Waals surface area contributed by atoms with E-state index in [2.05, 4.69) is 31.5 Å². The highest BCUT2D eigenvalue weighted by atomic mass is 79.9. The van der Waals surface area contributed by atoms with Crippen LogP contribution in [0.15, 0.2) is 22.8 Å². The number of nitrogens with zero attached hydrogens (tertiary/aromatic N) is 1. The van der Waals surface area contributed by atoms with Crippen LogP contribution in [0.25, 0.3) is 0 Å². The lowest BCUT2D eigenvalue weighted by atomic mass is 9.86. The average molecular weight is 370 g/mol. The van der Waals surface area contributed by atoms with Crippen molar-refractivity contribution in [2.24, 2.45) is 0 Å². The van der Waals surface area contributed by atoms with E-state index >= 15 is 0 Å². The van der Waals surface area contributed by atoms with Gasteiger partial charge in [0.2, 0.25) is 5.91 Å². The Balaban J connectivity index is 2.27. The summed E-state index contributed by atoms with van der Waals surface area (Å²) in [6, 6.07) is 5.49. The first-order valence-electron chi connectivity index (χ1n) is 7.11. The molecule has 0 aliphatic carbocycles. The molecular weight excluding hydrogens is 350 g/mol. The number of ether oxygens (including phenoxy) is 1. The SMILES string of the molecule is CC(C)(C)OC(=O)N[C@@]1(c2cccc(Br)n2)CCC(=O)NC1. The maximum Gasteiger partial charge on any atom is 0.408 e. The van der Waals surface area contributed by atoms with Crippen molar-refractivity contribution in [3.8, 4) is 0 Å². The quantitative estimate of drug-likeness (QED) is 0.784. The molecule has 0 saturated carbocycles. The first-order chi connectivity index (χ1) is 10.2. The molecule has 1 aliphatic rings. The Labute approximate surface area is 138 Å². The summed E-state index contributed by atoms with van der Waals surface area (Å²) in [4.78, 5) is 28.1. The second kappa shape index (κ2) is 6.24. The number of aromatic nitrogens is 1. The molecule has 0 bridgehead atoms.